The molecule has 0 radical (unpaired) electrons. The van der Waals surface area contributed by atoms with Crippen molar-refractivity contribution < 1.29 is 26.4 Å². The highest BCUT2D eigenvalue weighted by Crippen LogP contribution is 2.28. The topological polar surface area (TPSA) is 54.5 Å². The summed E-state index contributed by atoms with van der Waals surface area (Å²) in [6.45, 7) is 0.00198. The molecular weight excluding hydrogens is 295 g/mol. The van der Waals surface area contributed by atoms with E-state index in [4.69, 9.17) is 0 Å². The van der Waals surface area contributed by atoms with Crippen molar-refractivity contribution in [3.8, 4) is 0 Å². The van der Waals surface area contributed by atoms with E-state index in [0.717, 1.165) is 4.31 Å². The number of nitrogens with zero attached hydrogens (tertiary/aromatic N) is 1. The van der Waals surface area contributed by atoms with Gasteiger partial charge < -0.3 is 4.79 Å². The lowest BCUT2D eigenvalue weighted by Crippen LogP contribution is -2.45. The van der Waals surface area contributed by atoms with Crippen LogP contribution in [0.5, 0.6) is 0 Å². The Morgan fingerprint density at radius 1 is 1.15 bits per heavy atom. The highest BCUT2D eigenvalue weighted by Gasteiger charge is 2.37. The number of hydrogen-bond donors (Lipinski definition) is 0. The van der Waals surface area contributed by atoms with Gasteiger partial charge in [0, 0.05) is 18.7 Å². The summed E-state index contributed by atoms with van der Waals surface area (Å²) in [5.74, 6) is -4.21. The Morgan fingerprint density at radius 3 is 2.30 bits per heavy atom. The van der Waals surface area contributed by atoms with Gasteiger partial charge in [0.2, 0.25) is 10.0 Å². The lowest BCUT2D eigenvalue weighted by atomic mass is 10.1. The van der Waals surface area contributed by atoms with Crippen LogP contribution in [-0.4, -0.2) is 31.6 Å². The van der Waals surface area contributed by atoms with Gasteiger partial charge in [-0.25, -0.2) is 21.6 Å². The number of halogens is 3. The summed E-state index contributed by atoms with van der Waals surface area (Å²) in [4.78, 5) is 9.70. The molecule has 0 aliphatic carbocycles. The first-order chi connectivity index (χ1) is 9.37. The largest absolute Gasteiger partial charge is 0.302 e. The van der Waals surface area contributed by atoms with Gasteiger partial charge in [0.1, 0.15) is 23.7 Å². The van der Waals surface area contributed by atoms with Gasteiger partial charge in [0.15, 0.2) is 4.90 Å². The van der Waals surface area contributed by atoms with Gasteiger partial charge in [-0.05, 0) is 12.8 Å². The van der Waals surface area contributed by atoms with Crippen molar-refractivity contribution >= 4 is 16.3 Å². The van der Waals surface area contributed by atoms with Gasteiger partial charge >= 0.3 is 0 Å². The molecule has 110 valence electrons. The Bertz CT molecular complexity index is 610. The molecule has 0 bridgehead atoms. The molecule has 1 aromatic rings. The van der Waals surface area contributed by atoms with Crippen molar-refractivity contribution in [2.24, 2.45) is 0 Å². The Kier molecular flexibility index (Phi) is 4.14. The number of piperidine rings is 1. The van der Waals surface area contributed by atoms with Gasteiger partial charge in [-0.1, -0.05) is 6.42 Å². The smallest absolute Gasteiger partial charge is 0.249 e. The van der Waals surface area contributed by atoms with E-state index in [0.29, 0.717) is 37.7 Å². The van der Waals surface area contributed by atoms with Crippen LogP contribution in [0.4, 0.5) is 13.2 Å². The van der Waals surface area contributed by atoms with Gasteiger partial charge in [0.25, 0.3) is 0 Å². The van der Waals surface area contributed by atoms with Crippen molar-refractivity contribution in [1.82, 2.24) is 4.31 Å². The number of carbonyl (C=O) groups excluding carboxylic acids is 1. The van der Waals surface area contributed by atoms with E-state index >= 15 is 0 Å². The minimum atomic E-state index is -4.52. The zero-order valence-electron chi connectivity index (χ0n) is 10.4. The number of hydrogen-bond acceptors (Lipinski definition) is 3. The molecule has 0 saturated carbocycles. The van der Waals surface area contributed by atoms with Crippen molar-refractivity contribution in [3.63, 3.8) is 0 Å². The fraction of sp³-hybridized carbons (Fsp3) is 0.417. The molecule has 0 amide bonds. The summed E-state index contributed by atoms with van der Waals surface area (Å²) in [5, 5.41) is 0. The summed E-state index contributed by atoms with van der Waals surface area (Å²) in [7, 11) is -4.52. The van der Waals surface area contributed by atoms with E-state index < -0.39 is 38.4 Å². The Morgan fingerprint density at radius 2 is 1.75 bits per heavy atom. The summed E-state index contributed by atoms with van der Waals surface area (Å²) in [6.07, 6.45) is 1.89. The predicted octanol–water partition coefficient (Wildman–Crippen LogP) is 1.85. The molecule has 1 heterocycles. The molecule has 0 spiro atoms. The second-order valence-corrected chi connectivity index (χ2v) is 6.34. The van der Waals surface area contributed by atoms with Gasteiger partial charge in [-0.2, -0.15) is 4.31 Å². The first-order valence-corrected chi connectivity index (χ1v) is 7.43. The van der Waals surface area contributed by atoms with Crippen LogP contribution in [0.1, 0.15) is 19.3 Å². The number of carbonyl (C=O) groups is 1. The zero-order chi connectivity index (χ0) is 14.9. The maximum atomic E-state index is 13.6. The van der Waals surface area contributed by atoms with Crippen molar-refractivity contribution in [3.05, 3.63) is 29.6 Å². The van der Waals surface area contributed by atoms with E-state index in [1.165, 1.54) is 0 Å². The fourth-order valence-corrected chi connectivity index (χ4v) is 3.98. The first-order valence-electron chi connectivity index (χ1n) is 5.99. The molecule has 1 aromatic carbocycles. The molecule has 1 aliphatic rings. The van der Waals surface area contributed by atoms with Crippen LogP contribution in [0.15, 0.2) is 17.0 Å². The molecule has 0 N–H and O–H groups in total. The summed E-state index contributed by atoms with van der Waals surface area (Å²) in [6, 6.07) is -0.344. The van der Waals surface area contributed by atoms with E-state index in [1.807, 2.05) is 0 Å². The molecular formula is C12H12F3NO3S. The monoisotopic (exact) mass is 307 g/mol. The zero-order valence-corrected chi connectivity index (χ0v) is 11.2. The van der Waals surface area contributed by atoms with Crippen LogP contribution in [0.3, 0.4) is 0 Å². The lowest BCUT2D eigenvalue weighted by molar-refractivity contribution is -0.111. The van der Waals surface area contributed by atoms with Crippen molar-refractivity contribution in [2.45, 2.75) is 30.2 Å². The van der Waals surface area contributed by atoms with Crippen LogP contribution >= 0.6 is 0 Å². The third-order valence-electron chi connectivity index (χ3n) is 3.19. The van der Waals surface area contributed by atoms with Crippen LogP contribution in [0.2, 0.25) is 0 Å². The number of aldehydes is 1. The standard InChI is InChI=1S/C12H12F3NO3S/c13-8-5-10(14)12(11(15)6-8)20(18,19)16-4-2-1-3-9(16)7-17/h5-7,9H,1-4H2. The summed E-state index contributed by atoms with van der Waals surface area (Å²) in [5.41, 5.74) is 0. The average Bonchev–Trinajstić information content (AvgIpc) is 2.37. The van der Waals surface area contributed by atoms with Gasteiger partial charge in [-0.15, -0.1) is 0 Å². The van der Waals surface area contributed by atoms with E-state index in [1.54, 1.807) is 0 Å². The van der Waals surface area contributed by atoms with E-state index in [-0.39, 0.29) is 6.54 Å². The Balaban J connectivity index is 2.52. The molecule has 8 heteroatoms. The molecule has 1 unspecified atom stereocenters. The maximum absolute atomic E-state index is 13.6. The molecule has 1 aliphatic heterocycles. The van der Waals surface area contributed by atoms with Crippen molar-refractivity contribution in [1.29, 1.82) is 0 Å². The summed E-state index contributed by atoms with van der Waals surface area (Å²) >= 11 is 0. The average molecular weight is 307 g/mol. The van der Waals surface area contributed by atoms with E-state index in [9.17, 15) is 26.4 Å². The molecule has 1 saturated heterocycles. The lowest BCUT2D eigenvalue weighted by Gasteiger charge is -2.31. The molecule has 0 aromatic heterocycles. The molecule has 4 nitrogen and oxygen atoms in total. The van der Waals surface area contributed by atoms with Gasteiger partial charge in [0.05, 0.1) is 6.04 Å². The van der Waals surface area contributed by atoms with E-state index in [2.05, 4.69) is 0 Å². The van der Waals surface area contributed by atoms with Crippen LogP contribution in [0.25, 0.3) is 0 Å². The third kappa shape index (κ3) is 2.57. The Labute approximate surface area is 114 Å². The number of sulfonamides is 1. The number of benzene rings is 1. The molecule has 20 heavy (non-hydrogen) atoms. The van der Waals surface area contributed by atoms with Crippen LogP contribution in [-0.2, 0) is 14.8 Å². The van der Waals surface area contributed by atoms with Crippen LogP contribution < -0.4 is 0 Å². The van der Waals surface area contributed by atoms with Crippen molar-refractivity contribution in [2.75, 3.05) is 6.54 Å². The second-order valence-electron chi connectivity index (χ2n) is 4.51. The summed E-state index contributed by atoms with van der Waals surface area (Å²) < 4.78 is 65.4. The molecule has 1 fully saturated rings. The highest BCUT2D eigenvalue weighted by molar-refractivity contribution is 7.89. The van der Waals surface area contributed by atoms with Gasteiger partial charge in [-0.3, -0.25) is 0 Å². The fourth-order valence-electron chi connectivity index (χ4n) is 2.26. The maximum Gasteiger partial charge on any atom is 0.249 e. The number of rotatable bonds is 3. The normalized spacial score (nSPS) is 20.9. The highest BCUT2D eigenvalue weighted by atomic mass is 32.2. The second kappa shape index (κ2) is 5.53. The predicted molar refractivity (Wildman–Crippen MR) is 63.9 cm³/mol. The molecule has 1 atom stereocenters. The first kappa shape index (κ1) is 15.0. The third-order valence-corrected chi connectivity index (χ3v) is 5.16. The molecule has 2 rings (SSSR count). The Hall–Kier alpha value is -1.41. The minimum absolute atomic E-state index is 0.00198. The minimum Gasteiger partial charge on any atom is -0.302 e. The quantitative estimate of drug-likeness (QED) is 0.801. The SMILES string of the molecule is O=CC1CCCCN1S(=O)(=O)c1c(F)cc(F)cc1F. The van der Waals surface area contributed by atoms with Crippen LogP contribution in [0, 0.1) is 17.5 Å².